The summed E-state index contributed by atoms with van der Waals surface area (Å²) in [5.41, 5.74) is 1.12. The van der Waals surface area contributed by atoms with Gasteiger partial charge in [-0.15, -0.1) is 0 Å². The number of hydrogen-bond donors (Lipinski definition) is 1. The summed E-state index contributed by atoms with van der Waals surface area (Å²) in [6, 6.07) is 0. The van der Waals surface area contributed by atoms with E-state index in [4.69, 9.17) is 4.74 Å². The molecule has 1 aromatic heterocycles. The molecule has 1 atom stereocenters. The van der Waals surface area contributed by atoms with Gasteiger partial charge in [0.1, 0.15) is 17.5 Å². The van der Waals surface area contributed by atoms with E-state index >= 15 is 0 Å². The molecule has 0 bridgehead atoms. The Kier molecular flexibility index (Phi) is 5.17. The average molecular weight is 278 g/mol. The Balaban J connectivity index is 2.13. The Morgan fingerprint density at radius 2 is 2.15 bits per heavy atom. The molecule has 2 heterocycles. The summed E-state index contributed by atoms with van der Waals surface area (Å²) < 4.78 is 5.56. The minimum Gasteiger partial charge on any atom is -0.381 e. The van der Waals surface area contributed by atoms with Crippen molar-refractivity contribution in [1.82, 2.24) is 9.97 Å². The van der Waals surface area contributed by atoms with E-state index in [-0.39, 0.29) is 0 Å². The zero-order valence-electron chi connectivity index (χ0n) is 13.1. The van der Waals surface area contributed by atoms with Gasteiger partial charge in [-0.25, -0.2) is 9.97 Å². The highest BCUT2D eigenvalue weighted by atomic mass is 16.5. The van der Waals surface area contributed by atoms with Crippen LogP contribution >= 0.6 is 0 Å². The molecule has 0 spiro atoms. The Bertz CT molecular complexity index is 444. The van der Waals surface area contributed by atoms with Gasteiger partial charge in [0.15, 0.2) is 0 Å². The van der Waals surface area contributed by atoms with Crippen molar-refractivity contribution in [3.8, 4) is 0 Å². The predicted molar refractivity (Wildman–Crippen MR) is 82.5 cm³/mol. The maximum Gasteiger partial charge on any atom is 0.137 e. The number of ether oxygens (including phenoxy) is 1. The largest absolute Gasteiger partial charge is 0.381 e. The molecule has 2 rings (SSSR count). The van der Waals surface area contributed by atoms with Gasteiger partial charge in [0, 0.05) is 32.3 Å². The minimum atomic E-state index is 0.603. The lowest BCUT2D eigenvalue weighted by molar-refractivity contribution is 0.0576. The molecule has 5 nitrogen and oxygen atoms in total. The van der Waals surface area contributed by atoms with E-state index in [0.29, 0.717) is 5.92 Å². The molecule has 1 fully saturated rings. The van der Waals surface area contributed by atoms with Crippen LogP contribution in [-0.2, 0) is 4.74 Å². The van der Waals surface area contributed by atoms with Crippen molar-refractivity contribution < 1.29 is 4.74 Å². The molecule has 0 radical (unpaired) electrons. The topological polar surface area (TPSA) is 50.3 Å². The molecule has 1 unspecified atom stereocenters. The Morgan fingerprint density at radius 1 is 1.35 bits per heavy atom. The third kappa shape index (κ3) is 3.60. The number of nitrogens with one attached hydrogen (secondary N) is 1. The van der Waals surface area contributed by atoms with Crippen molar-refractivity contribution in [1.29, 1.82) is 0 Å². The summed E-state index contributed by atoms with van der Waals surface area (Å²) in [5, 5.41) is 3.31. The second kappa shape index (κ2) is 6.88. The van der Waals surface area contributed by atoms with Crippen molar-refractivity contribution in [3.05, 3.63) is 11.4 Å². The molecular weight excluding hydrogens is 252 g/mol. The highest BCUT2D eigenvalue weighted by Gasteiger charge is 2.19. The summed E-state index contributed by atoms with van der Waals surface area (Å²) in [6.45, 7) is 9.76. The summed E-state index contributed by atoms with van der Waals surface area (Å²) in [5.74, 6) is 3.39. The van der Waals surface area contributed by atoms with Gasteiger partial charge in [0.25, 0.3) is 0 Å². The first-order valence-electron chi connectivity index (χ1n) is 7.49. The third-order valence-corrected chi connectivity index (χ3v) is 3.72. The van der Waals surface area contributed by atoms with Crippen molar-refractivity contribution >= 4 is 11.6 Å². The quantitative estimate of drug-likeness (QED) is 0.896. The molecule has 112 valence electrons. The number of nitrogens with zero attached hydrogens (tertiary/aromatic N) is 3. The lowest BCUT2D eigenvalue weighted by Gasteiger charge is -2.29. The van der Waals surface area contributed by atoms with E-state index in [1.165, 1.54) is 12.8 Å². The summed E-state index contributed by atoms with van der Waals surface area (Å²) >= 11 is 0. The molecule has 1 N–H and O–H groups in total. The van der Waals surface area contributed by atoms with Gasteiger partial charge in [-0.2, -0.15) is 0 Å². The van der Waals surface area contributed by atoms with Crippen molar-refractivity contribution in [3.63, 3.8) is 0 Å². The molecular formula is C15H26N4O. The van der Waals surface area contributed by atoms with Crippen LogP contribution in [0.5, 0.6) is 0 Å². The van der Waals surface area contributed by atoms with Crippen LogP contribution in [0.1, 0.15) is 31.2 Å². The van der Waals surface area contributed by atoms with Crippen molar-refractivity contribution in [2.24, 2.45) is 5.92 Å². The van der Waals surface area contributed by atoms with Crippen LogP contribution in [-0.4, -0.2) is 43.3 Å². The van der Waals surface area contributed by atoms with Crippen LogP contribution in [0.25, 0.3) is 0 Å². The minimum absolute atomic E-state index is 0.603. The predicted octanol–water partition coefficient (Wildman–Crippen LogP) is 2.39. The fourth-order valence-corrected chi connectivity index (χ4v) is 2.75. The van der Waals surface area contributed by atoms with Crippen LogP contribution in [0.3, 0.4) is 0 Å². The fraction of sp³-hybridized carbons (Fsp3) is 0.733. The van der Waals surface area contributed by atoms with Gasteiger partial charge in [0.05, 0.1) is 6.61 Å². The number of rotatable bonds is 5. The van der Waals surface area contributed by atoms with Crippen LogP contribution in [0, 0.1) is 19.8 Å². The maximum absolute atomic E-state index is 5.56. The fourth-order valence-electron chi connectivity index (χ4n) is 2.75. The number of anilines is 2. The number of aryl methyl sites for hydroxylation is 1. The van der Waals surface area contributed by atoms with E-state index < -0.39 is 0 Å². The molecule has 1 aliphatic heterocycles. The van der Waals surface area contributed by atoms with E-state index in [2.05, 4.69) is 41.1 Å². The molecule has 0 aromatic carbocycles. The summed E-state index contributed by atoms with van der Waals surface area (Å²) in [4.78, 5) is 11.3. The standard InChI is InChI=1S/C15H26N4O/c1-5-16-14-11(2)15(18-12(3)17-14)19(4)9-13-7-6-8-20-10-13/h13H,5-10H2,1-4H3,(H,16,17,18). The van der Waals surface area contributed by atoms with E-state index in [1.807, 2.05) is 6.92 Å². The van der Waals surface area contributed by atoms with Gasteiger partial charge < -0.3 is 15.0 Å². The first-order valence-corrected chi connectivity index (χ1v) is 7.49. The molecule has 1 aromatic rings. The molecule has 0 saturated carbocycles. The first-order chi connectivity index (χ1) is 9.61. The van der Waals surface area contributed by atoms with Gasteiger partial charge in [-0.1, -0.05) is 0 Å². The third-order valence-electron chi connectivity index (χ3n) is 3.72. The van der Waals surface area contributed by atoms with E-state index in [9.17, 15) is 0 Å². The molecule has 0 amide bonds. The van der Waals surface area contributed by atoms with Crippen LogP contribution in [0.4, 0.5) is 11.6 Å². The zero-order valence-corrected chi connectivity index (χ0v) is 13.1. The number of hydrogen-bond acceptors (Lipinski definition) is 5. The second-order valence-corrected chi connectivity index (χ2v) is 5.56. The van der Waals surface area contributed by atoms with Gasteiger partial charge in [-0.3, -0.25) is 0 Å². The Labute approximate surface area is 121 Å². The highest BCUT2D eigenvalue weighted by Crippen LogP contribution is 2.24. The normalized spacial score (nSPS) is 18.9. The van der Waals surface area contributed by atoms with Crippen LogP contribution < -0.4 is 10.2 Å². The Hall–Kier alpha value is -1.36. The monoisotopic (exact) mass is 278 g/mol. The maximum atomic E-state index is 5.56. The lowest BCUT2D eigenvalue weighted by Crippen LogP contribution is -2.32. The zero-order chi connectivity index (χ0) is 14.5. The van der Waals surface area contributed by atoms with Crippen molar-refractivity contribution in [2.45, 2.75) is 33.6 Å². The molecule has 20 heavy (non-hydrogen) atoms. The average Bonchev–Trinajstić information content (AvgIpc) is 2.43. The van der Waals surface area contributed by atoms with E-state index in [1.54, 1.807) is 0 Å². The van der Waals surface area contributed by atoms with Gasteiger partial charge >= 0.3 is 0 Å². The summed E-state index contributed by atoms with van der Waals surface area (Å²) in [6.07, 6.45) is 2.41. The molecule has 1 aliphatic rings. The molecule has 1 saturated heterocycles. The van der Waals surface area contributed by atoms with Crippen molar-refractivity contribution in [2.75, 3.05) is 43.6 Å². The number of aromatic nitrogens is 2. The highest BCUT2D eigenvalue weighted by molar-refractivity contribution is 5.58. The van der Waals surface area contributed by atoms with Gasteiger partial charge in [0.2, 0.25) is 0 Å². The smallest absolute Gasteiger partial charge is 0.137 e. The van der Waals surface area contributed by atoms with Crippen LogP contribution in [0.2, 0.25) is 0 Å². The lowest BCUT2D eigenvalue weighted by atomic mass is 10.0. The summed E-state index contributed by atoms with van der Waals surface area (Å²) in [7, 11) is 2.11. The van der Waals surface area contributed by atoms with E-state index in [0.717, 1.165) is 49.3 Å². The SMILES string of the molecule is CCNc1nc(C)nc(N(C)CC2CCCOC2)c1C. The van der Waals surface area contributed by atoms with Gasteiger partial charge in [-0.05, 0) is 39.5 Å². The first kappa shape index (κ1) is 15.0. The van der Waals surface area contributed by atoms with Crippen LogP contribution in [0.15, 0.2) is 0 Å². The molecule has 0 aliphatic carbocycles. The Morgan fingerprint density at radius 3 is 2.80 bits per heavy atom. The second-order valence-electron chi connectivity index (χ2n) is 5.56. The molecule has 5 heteroatoms.